The van der Waals surface area contributed by atoms with E-state index in [1.165, 1.54) is 0 Å². The number of ether oxygens (including phenoxy) is 2. The molecule has 2 unspecified atom stereocenters. The number of benzene rings is 1. The van der Waals surface area contributed by atoms with Gasteiger partial charge in [0.2, 0.25) is 5.91 Å². The molecule has 0 aromatic heterocycles. The second-order valence-electron chi connectivity index (χ2n) is 5.34. The van der Waals surface area contributed by atoms with Gasteiger partial charge in [0.25, 0.3) is 0 Å². The monoisotopic (exact) mass is 312 g/mol. The maximum absolute atomic E-state index is 12.3. The molecule has 5 nitrogen and oxygen atoms in total. The Morgan fingerprint density at radius 1 is 1.43 bits per heavy atom. The SMILES string of the molecule is CNC1COCC1C(=O)Nc1ccc(OC(C)C)c(Cl)c1. The van der Waals surface area contributed by atoms with Crippen molar-refractivity contribution in [3.8, 4) is 5.75 Å². The zero-order valence-corrected chi connectivity index (χ0v) is 13.2. The highest BCUT2D eigenvalue weighted by atomic mass is 35.5. The summed E-state index contributed by atoms with van der Waals surface area (Å²) >= 11 is 6.16. The molecule has 1 fully saturated rings. The van der Waals surface area contributed by atoms with Crippen molar-refractivity contribution >= 4 is 23.2 Å². The first kappa shape index (κ1) is 16.1. The largest absolute Gasteiger partial charge is 0.489 e. The topological polar surface area (TPSA) is 59.6 Å². The summed E-state index contributed by atoms with van der Waals surface area (Å²) in [5.41, 5.74) is 0.655. The first-order valence-electron chi connectivity index (χ1n) is 7.03. The van der Waals surface area contributed by atoms with Gasteiger partial charge in [-0.2, -0.15) is 0 Å². The van der Waals surface area contributed by atoms with E-state index in [-0.39, 0.29) is 24.0 Å². The third-order valence-electron chi connectivity index (χ3n) is 3.35. The Hall–Kier alpha value is -1.30. The summed E-state index contributed by atoms with van der Waals surface area (Å²) in [7, 11) is 1.83. The van der Waals surface area contributed by atoms with Crippen LogP contribution in [0.5, 0.6) is 5.75 Å². The maximum Gasteiger partial charge on any atom is 0.231 e. The summed E-state index contributed by atoms with van der Waals surface area (Å²) in [6.07, 6.45) is 0.0509. The number of amides is 1. The molecule has 6 heteroatoms. The summed E-state index contributed by atoms with van der Waals surface area (Å²) in [6.45, 7) is 4.85. The van der Waals surface area contributed by atoms with E-state index < -0.39 is 0 Å². The molecule has 0 radical (unpaired) electrons. The van der Waals surface area contributed by atoms with Crippen molar-refractivity contribution in [3.63, 3.8) is 0 Å². The quantitative estimate of drug-likeness (QED) is 0.876. The zero-order valence-electron chi connectivity index (χ0n) is 12.5. The number of hydrogen-bond acceptors (Lipinski definition) is 4. The van der Waals surface area contributed by atoms with Crippen molar-refractivity contribution in [1.82, 2.24) is 5.32 Å². The highest BCUT2D eigenvalue weighted by molar-refractivity contribution is 6.32. The Balaban J connectivity index is 2.02. The number of rotatable bonds is 5. The van der Waals surface area contributed by atoms with E-state index in [1.54, 1.807) is 18.2 Å². The second-order valence-corrected chi connectivity index (χ2v) is 5.75. The van der Waals surface area contributed by atoms with E-state index in [0.717, 1.165) is 0 Å². The van der Waals surface area contributed by atoms with Gasteiger partial charge in [-0.25, -0.2) is 0 Å². The molecule has 116 valence electrons. The minimum Gasteiger partial charge on any atom is -0.489 e. The standard InChI is InChI=1S/C15H21ClN2O3/c1-9(2)21-14-5-4-10(6-12(14)16)18-15(19)11-7-20-8-13(11)17-3/h4-6,9,11,13,17H,7-8H2,1-3H3,(H,18,19). The highest BCUT2D eigenvalue weighted by Gasteiger charge is 2.33. The van der Waals surface area contributed by atoms with Gasteiger partial charge >= 0.3 is 0 Å². The number of hydrogen-bond donors (Lipinski definition) is 2. The molecule has 0 saturated carbocycles. The lowest BCUT2D eigenvalue weighted by Crippen LogP contribution is -2.39. The molecule has 1 heterocycles. The van der Waals surface area contributed by atoms with Crippen LogP contribution in [0.4, 0.5) is 5.69 Å². The molecule has 1 aliphatic heterocycles. The van der Waals surface area contributed by atoms with E-state index in [0.29, 0.717) is 29.7 Å². The normalized spacial score (nSPS) is 21.6. The number of halogens is 1. The molecular formula is C15H21ClN2O3. The lowest BCUT2D eigenvalue weighted by atomic mass is 10.0. The summed E-state index contributed by atoms with van der Waals surface area (Å²) < 4.78 is 10.9. The van der Waals surface area contributed by atoms with E-state index >= 15 is 0 Å². The molecule has 1 amide bonds. The molecule has 0 aliphatic carbocycles. The highest BCUT2D eigenvalue weighted by Crippen LogP contribution is 2.29. The fourth-order valence-electron chi connectivity index (χ4n) is 2.26. The predicted molar refractivity (Wildman–Crippen MR) is 83.0 cm³/mol. The fourth-order valence-corrected chi connectivity index (χ4v) is 2.49. The van der Waals surface area contributed by atoms with Crippen LogP contribution in [-0.4, -0.2) is 38.3 Å². The van der Waals surface area contributed by atoms with Gasteiger partial charge in [0, 0.05) is 11.7 Å². The van der Waals surface area contributed by atoms with Crippen LogP contribution in [0.2, 0.25) is 5.02 Å². The molecule has 21 heavy (non-hydrogen) atoms. The molecule has 0 bridgehead atoms. The third-order valence-corrected chi connectivity index (χ3v) is 3.65. The average Bonchev–Trinajstić information content (AvgIpc) is 2.90. The lowest BCUT2D eigenvalue weighted by Gasteiger charge is -2.17. The molecule has 1 aromatic rings. The van der Waals surface area contributed by atoms with Gasteiger partial charge in [-0.1, -0.05) is 11.6 Å². The van der Waals surface area contributed by atoms with Crippen LogP contribution in [0.25, 0.3) is 0 Å². The number of nitrogens with one attached hydrogen (secondary N) is 2. The molecule has 1 aliphatic rings. The van der Waals surface area contributed by atoms with Crippen molar-refractivity contribution in [2.75, 3.05) is 25.6 Å². The number of anilines is 1. The van der Waals surface area contributed by atoms with Crippen LogP contribution in [0, 0.1) is 5.92 Å². The Kier molecular flexibility index (Phi) is 5.45. The summed E-state index contributed by atoms with van der Waals surface area (Å²) in [6, 6.07) is 5.29. The second kappa shape index (κ2) is 7.11. The summed E-state index contributed by atoms with van der Waals surface area (Å²) in [4.78, 5) is 12.3. The van der Waals surface area contributed by atoms with Crippen LogP contribution in [0.15, 0.2) is 18.2 Å². The van der Waals surface area contributed by atoms with Crippen molar-refractivity contribution in [2.24, 2.45) is 5.92 Å². The Morgan fingerprint density at radius 3 is 2.81 bits per heavy atom. The number of likely N-dealkylation sites (N-methyl/N-ethyl adjacent to an activating group) is 1. The van der Waals surface area contributed by atoms with Gasteiger partial charge in [0.05, 0.1) is 30.3 Å². The van der Waals surface area contributed by atoms with Crippen LogP contribution in [-0.2, 0) is 9.53 Å². The van der Waals surface area contributed by atoms with E-state index in [2.05, 4.69) is 10.6 Å². The van der Waals surface area contributed by atoms with Crippen LogP contribution >= 0.6 is 11.6 Å². The lowest BCUT2D eigenvalue weighted by molar-refractivity contribution is -0.120. The van der Waals surface area contributed by atoms with Crippen LogP contribution < -0.4 is 15.4 Å². The van der Waals surface area contributed by atoms with Crippen molar-refractivity contribution in [3.05, 3.63) is 23.2 Å². The average molecular weight is 313 g/mol. The van der Waals surface area contributed by atoms with Gasteiger partial charge < -0.3 is 20.1 Å². The smallest absolute Gasteiger partial charge is 0.231 e. The Labute approximate surface area is 130 Å². The number of carbonyl (C=O) groups excluding carboxylic acids is 1. The Bertz CT molecular complexity index is 508. The summed E-state index contributed by atoms with van der Waals surface area (Å²) in [5, 5.41) is 6.44. The molecule has 2 atom stereocenters. The van der Waals surface area contributed by atoms with E-state index in [1.807, 2.05) is 20.9 Å². The predicted octanol–water partition coefficient (Wildman–Crippen LogP) is 2.30. The van der Waals surface area contributed by atoms with Gasteiger partial charge in [0.15, 0.2) is 0 Å². The number of carbonyl (C=O) groups is 1. The molecule has 2 rings (SSSR count). The molecule has 1 saturated heterocycles. The third kappa shape index (κ3) is 4.09. The van der Waals surface area contributed by atoms with Gasteiger partial charge in [-0.3, -0.25) is 4.79 Å². The van der Waals surface area contributed by atoms with Crippen molar-refractivity contribution in [1.29, 1.82) is 0 Å². The van der Waals surface area contributed by atoms with Crippen molar-refractivity contribution in [2.45, 2.75) is 26.0 Å². The van der Waals surface area contributed by atoms with Crippen LogP contribution in [0.3, 0.4) is 0 Å². The first-order chi connectivity index (χ1) is 10.0. The fraction of sp³-hybridized carbons (Fsp3) is 0.533. The summed E-state index contributed by atoms with van der Waals surface area (Å²) in [5.74, 6) is 0.350. The van der Waals surface area contributed by atoms with Gasteiger partial charge in [-0.15, -0.1) is 0 Å². The molecular weight excluding hydrogens is 292 g/mol. The van der Waals surface area contributed by atoms with E-state index in [4.69, 9.17) is 21.1 Å². The first-order valence-corrected chi connectivity index (χ1v) is 7.41. The van der Waals surface area contributed by atoms with Crippen LogP contribution in [0.1, 0.15) is 13.8 Å². The van der Waals surface area contributed by atoms with Crippen molar-refractivity contribution < 1.29 is 14.3 Å². The zero-order chi connectivity index (χ0) is 15.4. The maximum atomic E-state index is 12.3. The molecule has 0 spiro atoms. The van der Waals surface area contributed by atoms with E-state index in [9.17, 15) is 4.79 Å². The molecule has 2 N–H and O–H groups in total. The molecule has 1 aromatic carbocycles. The van der Waals surface area contributed by atoms with Gasteiger partial charge in [-0.05, 0) is 39.1 Å². The minimum absolute atomic E-state index is 0.0454. The Morgan fingerprint density at radius 2 is 2.19 bits per heavy atom. The van der Waals surface area contributed by atoms with Gasteiger partial charge in [0.1, 0.15) is 5.75 Å². The minimum atomic E-state index is -0.194.